The summed E-state index contributed by atoms with van der Waals surface area (Å²) in [5, 5.41) is 0. The van der Waals surface area contributed by atoms with Crippen LogP contribution in [0.1, 0.15) is 226 Å². The Kier molecular flexibility index (Phi) is 43.5. The fraction of sp³-hybridized carbons (Fsp3) is 0.745. The SMILES string of the molecule is CCCC/C=C\CCCCCCC(=O)OCC(COC(=O)CCC/C=C\C/C=C\C/C=C\C/C=C\CCCCC)OC(=O)CCCCCCCCCCCCCC. The first-order chi connectivity index (χ1) is 28.0. The number of hydrogen-bond donors (Lipinski definition) is 0. The van der Waals surface area contributed by atoms with E-state index in [1.54, 1.807) is 0 Å². The van der Waals surface area contributed by atoms with Crippen molar-refractivity contribution < 1.29 is 28.6 Å². The molecule has 328 valence electrons. The number of hydrogen-bond acceptors (Lipinski definition) is 6. The van der Waals surface area contributed by atoms with Crippen molar-refractivity contribution in [3.63, 3.8) is 0 Å². The fourth-order valence-corrected chi connectivity index (χ4v) is 6.36. The minimum absolute atomic E-state index is 0.0962. The van der Waals surface area contributed by atoms with Gasteiger partial charge >= 0.3 is 17.9 Å². The second-order valence-electron chi connectivity index (χ2n) is 15.7. The molecular formula is C51H88O6. The van der Waals surface area contributed by atoms with Crippen molar-refractivity contribution in [2.24, 2.45) is 0 Å². The van der Waals surface area contributed by atoms with Gasteiger partial charge in [0.2, 0.25) is 0 Å². The summed E-state index contributed by atoms with van der Waals surface area (Å²) >= 11 is 0. The average molecular weight is 797 g/mol. The van der Waals surface area contributed by atoms with Gasteiger partial charge in [0.25, 0.3) is 0 Å². The van der Waals surface area contributed by atoms with Crippen LogP contribution in [0.2, 0.25) is 0 Å². The summed E-state index contributed by atoms with van der Waals surface area (Å²) < 4.78 is 16.7. The molecule has 0 aromatic rings. The number of carbonyl (C=O) groups is 3. The minimum atomic E-state index is -0.796. The van der Waals surface area contributed by atoms with E-state index in [-0.39, 0.29) is 37.5 Å². The molecule has 0 saturated heterocycles. The second kappa shape index (κ2) is 45.8. The monoisotopic (exact) mass is 797 g/mol. The number of allylic oxidation sites excluding steroid dienone is 10. The van der Waals surface area contributed by atoms with Crippen LogP contribution in [-0.4, -0.2) is 37.2 Å². The van der Waals surface area contributed by atoms with E-state index in [9.17, 15) is 14.4 Å². The number of carbonyl (C=O) groups excluding carboxylic acids is 3. The number of unbranched alkanes of at least 4 members (excludes halogenated alkanes) is 21. The molecule has 0 aromatic heterocycles. The van der Waals surface area contributed by atoms with Crippen molar-refractivity contribution in [2.75, 3.05) is 13.2 Å². The summed E-state index contributed by atoms with van der Waals surface area (Å²) in [4.78, 5) is 37.7. The molecule has 1 unspecified atom stereocenters. The van der Waals surface area contributed by atoms with E-state index >= 15 is 0 Å². The Labute approximate surface area is 351 Å². The number of ether oxygens (including phenoxy) is 3. The van der Waals surface area contributed by atoms with Crippen LogP contribution in [0.5, 0.6) is 0 Å². The summed E-state index contributed by atoms with van der Waals surface area (Å²) in [5.41, 5.74) is 0. The molecular weight excluding hydrogens is 709 g/mol. The second-order valence-corrected chi connectivity index (χ2v) is 15.7. The summed E-state index contributed by atoms with van der Waals surface area (Å²) in [7, 11) is 0. The fourth-order valence-electron chi connectivity index (χ4n) is 6.36. The largest absolute Gasteiger partial charge is 0.462 e. The molecule has 0 aromatic carbocycles. The summed E-state index contributed by atoms with van der Waals surface area (Å²) in [6.45, 7) is 6.49. The molecule has 0 bridgehead atoms. The molecule has 6 nitrogen and oxygen atoms in total. The zero-order valence-corrected chi connectivity index (χ0v) is 37.3. The Morgan fingerprint density at radius 3 is 1.16 bits per heavy atom. The Morgan fingerprint density at radius 2 is 0.667 bits per heavy atom. The van der Waals surface area contributed by atoms with Crippen LogP contribution in [-0.2, 0) is 28.6 Å². The van der Waals surface area contributed by atoms with Crippen LogP contribution >= 0.6 is 0 Å². The van der Waals surface area contributed by atoms with Gasteiger partial charge < -0.3 is 14.2 Å². The maximum atomic E-state index is 12.7. The highest BCUT2D eigenvalue weighted by atomic mass is 16.6. The van der Waals surface area contributed by atoms with Gasteiger partial charge in [0, 0.05) is 19.3 Å². The zero-order chi connectivity index (χ0) is 41.5. The summed E-state index contributed by atoms with van der Waals surface area (Å²) in [6.07, 6.45) is 54.9. The Balaban J connectivity index is 4.45. The van der Waals surface area contributed by atoms with Crippen molar-refractivity contribution >= 4 is 17.9 Å². The lowest BCUT2D eigenvalue weighted by Crippen LogP contribution is -2.30. The Morgan fingerprint density at radius 1 is 0.351 bits per heavy atom. The molecule has 0 aliphatic carbocycles. The van der Waals surface area contributed by atoms with Gasteiger partial charge in [-0.25, -0.2) is 0 Å². The van der Waals surface area contributed by atoms with Gasteiger partial charge in [-0.1, -0.05) is 191 Å². The molecule has 1 atom stereocenters. The summed E-state index contributed by atoms with van der Waals surface area (Å²) in [6, 6.07) is 0. The third-order valence-electron chi connectivity index (χ3n) is 9.99. The van der Waals surface area contributed by atoms with Gasteiger partial charge in [0.05, 0.1) is 0 Å². The van der Waals surface area contributed by atoms with E-state index < -0.39 is 6.10 Å². The third kappa shape index (κ3) is 44.1. The third-order valence-corrected chi connectivity index (χ3v) is 9.99. The predicted octanol–water partition coefficient (Wildman–Crippen LogP) is 15.3. The lowest BCUT2D eigenvalue weighted by atomic mass is 10.0. The first kappa shape index (κ1) is 54.1. The predicted molar refractivity (Wildman–Crippen MR) is 242 cm³/mol. The molecule has 0 spiro atoms. The zero-order valence-electron chi connectivity index (χ0n) is 37.3. The molecule has 0 aliphatic rings. The Bertz CT molecular complexity index is 1050. The van der Waals surface area contributed by atoms with Crippen molar-refractivity contribution in [1.82, 2.24) is 0 Å². The molecule has 0 aliphatic heterocycles. The van der Waals surface area contributed by atoms with Crippen molar-refractivity contribution in [2.45, 2.75) is 232 Å². The van der Waals surface area contributed by atoms with Gasteiger partial charge in [-0.15, -0.1) is 0 Å². The summed E-state index contributed by atoms with van der Waals surface area (Å²) in [5.74, 6) is -0.968. The van der Waals surface area contributed by atoms with Crippen LogP contribution in [0, 0.1) is 0 Å². The van der Waals surface area contributed by atoms with E-state index in [0.717, 1.165) is 83.5 Å². The highest BCUT2D eigenvalue weighted by Crippen LogP contribution is 2.14. The first-order valence-electron chi connectivity index (χ1n) is 23.8. The first-order valence-corrected chi connectivity index (χ1v) is 23.8. The van der Waals surface area contributed by atoms with Crippen molar-refractivity contribution in [1.29, 1.82) is 0 Å². The Hall–Kier alpha value is -2.89. The number of rotatable bonds is 42. The minimum Gasteiger partial charge on any atom is -0.462 e. The van der Waals surface area contributed by atoms with E-state index in [1.807, 2.05) is 0 Å². The molecule has 0 fully saturated rings. The van der Waals surface area contributed by atoms with Crippen molar-refractivity contribution in [3.8, 4) is 0 Å². The van der Waals surface area contributed by atoms with E-state index in [2.05, 4.69) is 81.5 Å². The van der Waals surface area contributed by atoms with Gasteiger partial charge in [-0.3, -0.25) is 14.4 Å². The maximum absolute atomic E-state index is 12.7. The van der Waals surface area contributed by atoms with E-state index in [4.69, 9.17) is 14.2 Å². The molecule has 0 N–H and O–H groups in total. The van der Waals surface area contributed by atoms with Crippen molar-refractivity contribution in [3.05, 3.63) is 60.8 Å². The smallest absolute Gasteiger partial charge is 0.306 e. The molecule has 57 heavy (non-hydrogen) atoms. The average Bonchev–Trinajstić information content (AvgIpc) is 3.21. The topological polar surface area (TPSA) is 78.9 Å². The van der Waals surface area contributed by atoms with E-state index in [0.29, 0.717) is 19.3 Å². The van der Waals surface area contributed by atoms with Gasteiger partial charge in [-0.2, -0.15) is 0 Å². The quantitative estimate of drug-likeness (QED) is 0.0265. The van der Waals surface area contributed by atoms with Gasteiger partial charge in [0.1, 0.15) is 13.2 Å². The lowest BCUT2D eigenvalue weighted by Gasteiger charge is -2.18. The van der Waals surface area contributed by atoms with Gasteiger partial charge in [0.15, 0.2) is 6.10 Å². The molecule has 0 amide bonds. The molecule has 6 heteroatoms. The maximum Gasteiger partial charge on any atom is 0.306 e. The highest BCUT2D eigenvalue weighted by Gasteiger charge is 2.19. The lowest BCUT2D eigenvalue weighted by molar-refractivity contribution is -0.167. The van der Waals surface area contributed by atoms with Crippen LogP contribution in [0.3, 0.4) is 0 Å². The number of esters is 3. The van der Waals surface area contributed by atoms with Crippen LogP contribution < -0.4 is 0 Å². The van der Waals surface area contributed by atoms with Crippen LogP contribution in [0.15, 0.2) is 60.8 Å². The molecule has 0 saturated carbocycles. The molecule has 0 heterocycles. The van der Waals surface area contributed by atoms with Crippen LogP contribution in [0.4, 0.5) is 0 Å². The standard InChI is InChI=1S/C51H88O6/c1-4-7-10-13-16-19-22-24-25-26-27-28-30-32-35-38-41-44-50(53)56-47-48(46-55-49(52)43-40-37-34-31-21-18-15-12-9-6-3)57-51(54)45-42-39-36-33-29-23-20-17-14-11-8-5-2/h15-16,18-19,24-25,27-28,32,35,48H,4-14,17,20-23,26,29-31,33-34,36-47H2,1-3H3/b18-15-,19-16-,25-24-,28-27-,35-32-. The molecule has 0 radical (unpaired) electrons. The normalized spacial score (nSPS) is 12.5. The van der Waals surface area contributed by atoms with E-state index in [1.165, 1.54) is 96.3 Å². The highest BCUT2D eigenvalue weighted by molar-refractivity contribution is 5.71. The molecule has 0 rings (SSSR count). The van der Waals surface area contributed by atoms with Crippen LogP contribution in [0.25, 0.3) is 0 Å². The van der Waals surface area contributed by atoms with Gasteiger partial charge in [-0.05, 0) is 77.0 Å².